The average molecular weight is 318 g/mol. The van der Waals surface area contributed by atoms with Gasteiger partial charge in [-0.05, 0) is 12.1 Å². The summed E-state index contributed by atoms with van der Waals surface area (Å²) in [5.41, 5.74) is -1.28. The van der Waals surface area contributed by atoms with Gasteiger partial charge in [0.1, 0.15) is 16.9 Å². The van der Waals surface area contributed by atoms with Crippen molar-refractivity contribution in [3.05, 3.63) is 47.6 Å². The van der Waals surface area contributed by atoms with E-state index >= 15 is 0 Å². The number of benzene rings is 1. The Kier molecular flexibility index (Phi) is 4.45. The lowest BCUT2D eigenvalue weighted by Gasteiger charge is -2.36. The highest BCUT2D eigenvalue weighted by molar-refractivity contribution is 5.94. The molecule has 0 bridgehead atoms. The largest absolute Gasteiger partial charge is 0.496 e. The van der Waals surface area contributed by atoms with Crippen LogP contribution in [0.4, 0.5) is 0 Å². The van der Waals surface area contributed by atoms with E-state index in [1.54, 1.807) is 25.1 Å². The van der Waals surface area contributed by atoms with E-state index in [0.717, 1.165) is 0 Å². The third kappa shape index (κ3) is 2.46. The van der Waals surface area contributed by atoms with E-state index in [9.17, 15) is 19.8 Å². The Labute approximate surface area is 133 Å². The molecule has 2 unspecified atom stereocenters. The number of hydrogen-bond donors (Lipinski definition) is 2. The Bertz CT molecular complexity index is 681. The summed E-state index contributed by atoms with van der Waals surface area (Å²) >= 11 is 0. The zero-order valence-electron chi connectivity index (χ0n) is 13.1. The summed E-state index contributed by atoms with van der Waals surface area (Å²) in [5, 5.41) is 19.3. The molecule has 122 valence electrons. The first-order valence-electron chi connectivity index (χ1n) is 6.97. The topological polar surface area (TPSA) is 93.1 Å². The highest BCUT2D eigenvalue weighted by Gasteiger charge is 2.50. The lowest BCUT2D eigenvalue weighted by molar-refractivity contribution is -0.143. The van der Waals surface area contributed by atoms with Crippen LogP contribution in [0.2, 0.25) is 0 Å². The maximum Gasteiger partial charge on any atom is 0.331 e. The van der Waals surface area contributed by atoms with E-state index in [-0.39, 0.29) is 5.57 Å². The van der Waals surface area contributed by atoms with Crippen LogP contribution >= 0.6 is 0 Å². The first kappa shape index (κ1) is 16.6. The van der Waals surface area contributed by atoms with Gasteiger partial charge in [-0.3, -0.25) is 4.79 Å². The normalized spacial score (nSPS) is 23.1. The summed E-state index contributed by atoms with van der Waals surface area (Å²) in [4.78, 5) is 23.7. The average Bonchev–Trinajstić information content (AvgIpc) is 2.53. The molecule has 6 nitrogen and oxygen atoms in total. The van der Waals surface area contributed by atoms with E-state index in [2.05, 4.69) is 0 Å². The van der Waals surface area contributed by atoms with E-state index in [4.69, 9.17) is 9.47 Å². The van der Waals surface area contributed by atoms with Gasteiger partial charge in [0.2, 0.25) is 0 Å². The molecular formula is C17H18O6. The van der Waals surface area contributed by atoms with Crippen LogP contribution in [0.3, 0.4) is 0 Å². The van der Waals surface area contributed by atoms with Crippen LogP contribution in [0.1, 0.15) is 12.5 Å². The summed E-state index contributed by atoms with van der Waals surface area (Å²) in [5.74, 6) is -2.48. The number of rotatable bonds is 5. The predicted octanol–water partition coefficient (Wildman–Crippen LogP) is 2.24. The Balaban J connectivity index is 2.80. The first-order valence-corrected chi connectivity index (χ1v) is 6.97. The molecule has 0 aromatic heterocycles. The molecule has 0 fully saturated rings. The van der Waals surface area contributed by atoms with Crippen LogP contribution in [0.25, 0.3) is 0 Å². The number of hydrogen-bond acceptors (Lipinski definition) is 4. The van der Waals surface area contributed by atoms with Gasteiger partial charge in [0, 0.05) is 11.5 Å². The van der Waals surface area contributed by atoms with Crippen molar-refractivity contribution in [1.82, 2.24) is 0 Å². The fraction of sp³-hybridized carbons (Fsp3) is 0.294. The van der Waals surface area contributed by atoms with Gasteiger partial charge >= 0.3 is 11.9 Å². The van der Waals surface area contributed by atoms with Gasteiger partial charge < -0.3 is 19.7 Å². The second-order valence-electron chi connectivity index (χ2n) is 5.22. The predicted molar refractivity (Wildman–Crippen MR) is 82.9 cm³/mol. The van der Waals surface area contributed by atoms with E-state index in [1.165, 1.54) is 32.4 Å². The highest BCUT2D eigenvalue weighted by atomic mass is 16.5. The summed E-state index contributed by atoms with van der Waals surface area (Å²) in [6.45, 7) is 1.57. The standard InChI is InChI=1S/C17H18O6/c1-10-11(15(18)19)6-5-9-17(10,16(20)21)14-12(22-2)7-4-8-13(14)23-3/h4-10H,1-3H3,(H,18,19)(H,20,21). The number of carboxylic acids is 2. The fourth-order valence-electron chi connectivity index (χ4n) is 3.02. The number of carboxylic acid groups (broad SMARTS) is 2. The lowest BCUT2D eigenvalue weighted by atomic mass is 9.65. The van der Waals surface area contributed by atoms with Gasteiger partial charge in [-0.15, -0.1) is 0 Å². The number of methoxy groups -OCH3 is 2. The van der Waals surface area contributed by atoms with Gasteiger partial charge in [-0.25, -0.2) is 4.79 Å². The SMILES string of the molecule is COc1cccc(OC)c1C1(C(=O)O)C=CC=C(C(=O)O)C1C. The summed E-state index contributed by atoms with van der Waals surface area (Å²) in [6, 6.07) is 4.94. The van der Waals surface area contributed by atoms with Crippen LogP contribution in [-0.4, -0.2) is 36.4 Å². The number of carbonyl (C=O) groups is 2. The molecule has 1 aromatic carbocycles. The Morgan fingerprint density at radius 3 is 2.13 bits per heavy atom. The second kappa shape index (κ2) is 6.16. The van der Waals surface area contributed by atoms with Crippen molar-refractivity contribution in [2.75, 3.05) is 14.2 Å². The van der Waals surface area contributed by atoms with Crippen molar-refractivity contribution in [2.45, 2.75) is 12.3 Å². The van der Waals surface area contributed by atoms with Crippen molar-refractivity contribution in [3.63, 3.8) is 0 Å². The van der Waals surface area contributed by atoms with Gasteiger partial charge in [-0.2, -0.15) is 0 Å². The minimum Gasteiger partial charge on any atom is -0.496 e. The van der Waals surface area contributed by atoms with E-state index < -0.39 is 23.3 Å². The molecule has 0 radical (unpaired) electrons. The van der Waals surface area contributed by atoms with E-state index in [0.29, 0.717) is 17.1 Å². The third-order valence-electron chi connectivity index (χ3n) is 4.23. The lowest BCUT2D eigenvalue weighted by Crippen LogP contribution is -2.44. The Morgan fingerprint density at radius 2 is 1.70 bits per heavy atom. The number of allylic oxidation sites excluding steroid dienone is 2. The van der Waals surface area contributed by atoms with Crippen LogP contribution in [0.5, 0.6) is 11.5 Å². The molecule has 2 atom stereocenters. The molecule has 0 saturated carbocycles. The smallest absolute Gasteiger partial charge is 0.331 e. The minimum absolute atomic E-state index is 0.0165. The van der Waals surface area contributed by atoms with Crippen molar-refractivity contribution < 1.29 is 29.3 Å². The molecule has 1 aromatic rings. The fourth-order valence-corrected chi connectivity index (χ4v) is 3.02. The Hall–Kier alpha value is -2.76. The Morgan fingerprint density at radius 1 is 1.13 bits per heavy atom. The van der Waals surface area contributed by atoms with Crippen LogP contribution < -0.4 is 9.47 Å². The highest BCUT2D eigenvalue weighted by Crippen LogP contribution is 2.48. The monoisotopic (exact) mass is 318 g/mol. The summed E-state index contributed by atoms with van der Waals surface area (Å²) in [6.07, 6.45) is 4.34. The second-order valence-corrected chi connectivity index (χ2v) is 5.22. The molecule has 0 saturated heterocycles. The van der Waals surface area contributed by atoms with Gasteiger partial charge in [0.05, 0.1) is 19.8 Å². The van der Waals surface area contributed by atoms with Gasteiger partial charge in [0.15, 0.2) is 0 Å². The molecule has 1 aliphatic rings. The van der Waals surface area contributed by atoms with Crippen LogP contribution in [0, 0.1) is 5.92 Å². The minimum atomic E-state index is -1.60. The van der Waals surface area contributed by atoms with Gasteiger partial charge in [0.25, 0.3) is 0 Å². The molecule has 0 heterocycles. The molecule has 2 rings (SSSR count). The molecule has 1 aliphatic carbocycles. The van der Waals surface area contributed by atoms with Gasteiger partial charge in [-0.1, -0.05) is 31.2 Å². The zero-order valence-corrected chi connectivity index (χ0v) is 13.1. The van der Waals surface area contributed by atoms with Crippen molar-refractivity contribution in [2.24, 2.45) is 5.92 Å². The molecule has 0 aliphatic heterocycles. The zero-order chi connectivity index (χ0) is 17.2. The van der Waals surface area contributed by atoms with Crippen molar-refractivity contribution in [1.29, 1.82) is 0 Å². The number of ether oxygens (including phenoxy) is 2. The van der Waals surface area contributed by atoms with Crippen LogP contribution in [0.15, 0.2) is 42.0 Å². The molecule has 0 spiro atoms. The quantitative estimate of drug-likeness (QED) is 0.865. The third-order valence-corrected chi connectivity index (χ3v) is 4.23. The molecule has 6 heteroatoms. The molecular weight excluding hydrogens is 300 g/mol. The summed E-state index contributed by atoms with van der Waals surface area (Å²) in [7, 11) is 2.86. The molecule has 23 heavy (non-hydrogen) atoms. The van der Waals surface area contributed by atoms with Crippen LogP contribution in [-0.2, 0) is 15.0 Å². The maximum atomic E-state index is 12.2. The van der Waals surface area contributed by atoms with Crippen molar-refractivity contribution in [3.8, 4) is 11.5 Å². The molecule has 0 amide bonds. The number of aliphatic carboxylic acids is 2. The van der Waals surface area contributed by atoms with E-state index in [1.807, 2.05) is 0 Å². The maximum absolute atomic E-state index is 12.2. The molecule has 2 N–H and O–H groups in total. The first-order chi connectivity index (χ1) is 10.9. The summed E-state index contributed by atoms with van der Waals surface area (Å²) < 4.78 is 10.6. The van der Waals surface area contributed by atoms with Crippen molar-refractivity contribution >= 4 is 11.9 Å².